The van der Waals surface area contributed by atoms with Crippen LogP contribution in [0.4, 0.5) is 11.6 Å². The summed E-state index contributed by atoms with van der Waals surface area (Å²) in [6.45, 7) is 2.79. The van der Waals surface area contributed by atoms with Gasteiger partial charge >= 0.3 is 5.95 Å². The van der Waals surface area contributed by atoms with Crippen molar-refractivity contribution < 1.29 is 14.5 Å². The number of nitrogens with one attached hydrogen (secondary N) is 3. The van der Waals surface area contributed by atoms with Crippen molar-refractivity contribution in [2.75, 3.05) is 18.5 Å². The smallest absolute Gasteiger partial charge is 0.325 e. The fraction of sp³-hybridized carbons (Fsp3) is 0.214. The largest absolute Gasteiger partial charge is 0.486 e. The van der Waals surface area contributed by atoms with E-state index in [2.05, 4.69) is 20.3 Å². The van der Waals surface area contributed by atoms with Gasteiger partial charge < -0.3 is 15.2 Å². The predicted molar refractivity (Wildman–Crippen MR) is 80.5 cm³/mol. The maximum atomic E-state index is 11.4. The van der Waals surface area contributed by atoms with Crippen LogP contribution in [0.5, 0.6) is 11.5 Å². The fourth-order valence-electron chi connectivity index (χ4n) is 2.07. The Labute approximate surface area is 126 Å². The molecule has 1 aliphatic rings. The number of aromatic nitrogens is 2. The van der Waals surface area contributed by atoms with Crippen molar-refractivity contribution in [3.8, 4) is 11.5 Å². The van der Waals surface area contributed by atoms with Crippen LogP contribution >= 0.6 is 0 Å². The summed E-state index contributed by atoms with van der Waals surface area (Å²) in [4.78, 5) is 20.9. The van der Waals surface area contributed by atoms with Crippen LogP contribution in [0.3, 0.4) is 0 Å². The van der Waals surface area contributed by atoms with Gasteiger partial charge in [0.05, 0.1) is 11.4 Å². The minimum atomic E-state index is -0.248. The van der Waals surface area contributed by atoms with Gasteiger partial charge in [0, 0.05) is 12.1 Å². The van der Waals surface area contributed by atoms with Crippen LogP contribution in [0.25, 0.3) is 0 Å². The van der Waals surface area contributed by atoms with Crippen LogP contribution in [0.15, 0.2) is 29.1 Å². The Hall–Kier alpha value is -3.03. The van der Waals surface area contributed by atoms with Gasteiger partial charge in [0.1, 0.15) is 13.2 Å². The minimum absolute atomic E-state index is 0.227. The molecule has 0 aliphatic carbocycles. The van der Waals surface area contributed by atoms with E-state index in [-0.39, 0.29) is 17.5 Å². The zero-order chi connectivity index (χ0) is 15.5. The van der Waals surface area contributed by atoms with E-state index in [1.165, 1.54) is 6.07 Å². The average Bonchev–Trinajstić information content (AvgIpc) is 2.45. The quantitative estimate of drug-likeness (QED) is 0.417. The van der Waals surface area contributed by atoms with Crippen LogP contribution in [-0.4, -0.2) is 29.1 Å². The molecule has 0 spiro atoms. The third kappa shape index (κ3) is 3.17. The van der Waals surface area contributed by atoms with Gasteiger partial charge in [-0.05, 0) is 19.1 Å². The van der Waals surface area contributed by atoms with Crippen LogP contribution in [0, 0.1) is 6.92 Å². The molecule has 22 heavy (non-hydrogen) atoms. The second-order valence-electron chi connectivity index (χ2n) is 4.76. The minimum Gasteiger partial charge on any atom is -0.486 e. The average molecular weight is 302 g/mol. The second-order valence-corrected chi connectivity index (χ2v) is 4.76. The topological polar surface area (TPSA) is 116 Å². The van der Waals surface area contributed by atoms with Gasteiger partial charge in [0.2, 0.25) is 0 Å². The molecule has 1 aromatic carbocycles. The van der Waals surface area contributed by atoms with E-state index in [1.807, 2.05) is 6.07 Å². The third-order valence-electron chi connectivity index (χ3n) is 2.94. The van der Waals surface area contributed by atoms with E-state index in [1.54, 1.807) is 19.1 Å². The molecule has 1 aliphatic heterocycles. The van der Waals surface area contributed by atoms with Crippen LogP contribution in [-0.2, 0) is 0 Å². The van der Waals surface area contributed by atoms with Crippen LogP contribution in [0.2, 0.25) is 0 Å². The summed E-state index contributed by atoms with van der Waals surface area (Å²) in [6, 6.07) is 6.80. The first-order chi connectivity index (χ1) is 10.6. The molecule has 0 fully saturated rings. The summed E-state index contributed by atoms with van der Waals surface area (Å²) < 4.78 is 10.9. The van der Waals surface area contributed by atoms with Crippen molar-refractivity contribution in [3.05, 3.63) is 40.3 Å². The molecule has 1 aromatic heterocycles. The van der Waals surface area contributed by atoms with Crippen molar-refractivity contribution in [1.29, 1.82) is 0 Å². The van der Waals surface area contributed by atoms with Crippen LogP contribution < -0.4 is 31.1 Å². The Morgan fingerprint density at radius 2 is 2.09 bits per heavy atom. The van der Waals surface area contributed by atoms with E-state index in [0.29, 0.717) is 30.4 Å². The molecule has 0 unspecified atom stereocenters. The maximum Gasteiger partial charge on any atom is 0.325 e. The number of anilines is 1. The van der Waals surface area contributed by atoms with Gasteiger partial charge in [-0.2, -0.15) is 0 Å². The number of ether oxygens (including phenoxy) is 2. The predicted octanol–water partition coefficient (Wildman–Crippen LogP) is -1.01. The molecular formula is C14H16N5O3+. The van der Waals surface area contributed by atoms with E-state index >= 15 is 0 Å². The zero-order valence-electron chi connectivity index (χ0n) is 12.0. The molecule has 0 radical (unpaired) electrons. The second kappa shape index (κ2) is 5.76. The van der Waals surface area contributed by atoms with Gasteiger partial charge in [-0.25, -0.2) is 9.98 Å². The molecule has 0 atom stereocenters. The number of H-pyrrole nitrogens is 1. The normalized spacial score (nSPS) is 13.8. The lowest BCUT2D eigenvalue weighted by Crippen LogP contribution is -2.73. The number of nitrogens with zero attached hydrogens (tertiary/aromatic N) is 1. The van der Waals surface area contributed by atoms with Crippen molar-refractivity contribution >= 4 is 17.6 Å². The Balaban J connectivity index is 1.80. The summed E-state index contributed by atoms with van der Waals surface area (Å²) in [5.74, 6) is 1.86. The molecule has 8 nitrogen and oxygen atoms in total. The first-order valence-corrected chi connectivity index (χ1v) is 6.74. The third-order valence-corrected chi connectivity index (χ3v) is 2.94. The maximum absolute atomic E-state index is 11.4. The van der Waals surface area contributed by atoms with Crippen molar-refractivity contribution in [2.24, 2.45) is 5.73 Å². The van der Waals surface area contributed by atoms with E-state index in [0.717, 1.165) is 5.69 Å². The molecule has 3 rings (SSSR count). The standard InChI is InChI=1S/C14H15N5O3/c1-8-6-12(20)18-14(16-8)19-13(15)17-9-2-3-10-11(7-9)22-5-4-21-10/h2-3,6-7H,4-5H2,1H3,(H4,15,16,17,18,19,20)/p+1. The summed E-state index contributed by atoms with van der Waals surface area (Å²) in [5.41, 5.74) is 6.95. The Morgan fingerprint density at radius 3 is 2.86 bits per heavy atom. The Bertz CT molecular complexity index is 784. The highest BCUT2D eigenvalue weighted by molar-refractivity contribution is 5.88. The molecule has 114 valence electrons. The highest BCUT2D eigenvalue weighted by Crippen LogP contribution is 2.32. The molecule has 2 aromatic rings. The number of benzene rings is 1. The first kappa shape index (κ1) is 13.9. The highest BCUT2D eigenvalue weighted by Gasteiger charge is 2.13. The van der Waals surface area contributed by atoms with Gasteiger partial charge in [-0.15, -0.1) is 4.98 Å². The number of guanidine groups is 1. The monoisotopic (exact) mass is 302 g/mol. The van der Waals surface area contributed by atoms with Crippen molar-refractivity contribution in [1.82, 2.24) is 9.97 Å². The van der Waals surface area contributed by atoms with Crippen molar-refractivity contribution in [3.63, 3.8) is 0 Å². The molecule has 0 amide bonds. The lowest BCUT2D eigenvalue weighted by Gasteiger charge is -2.18. The highest BCUT2D eigenvalue weighted by atomic mass is 16.6. The summed E-state index contributed by atoms with van der Waals surface area (Å²) >= 11 is 0. The summed E-state index contributed by atoms with van der Waals surface area (Å²) in [5, 5.41) is 2.97. The summed E-state index contributed by atoms with van der Waals surface area (Å²) in [6.07, 6.45) is 0. The van der Waals surface area contributed by atoms with Crippen LogP contribution in [0.1, 0.15) is 5.69 Å². The Kier molecular flexibility index (Phi) is 3.65. The van der Waals surface area contributed by atoms with Gasteiger partial charge in [0.25, 0.3) is 11.5 Å². The van der Waals surface area contributed by atoms with E-state index in [9.17, 15) is 4.79 Å². The number of hydrogen-bond donors (Lipinski definition) is 4. The number of hydrogen-bond acceptors (Lipinski definition) is 4. The lowest BCUT2D eigenvalue weighted by atomic mass is 10.2. The van der Waals surface area contributed by atoms with Crippen molar-refractivity contribution in [2.45, 2.75) is 6.92 Å². The van der Waals surface area contributed by atoms with E-state index in [4.69, 9.17) is 15.2 Å². The SMILES string of the molecule is Cc1cc(=O)[nH]c([NH+]=C(N)Nc2ccc3c(c2)OCCO3)n1. The molecular weight excluding hydrogens is 286 g/mol. The zero-order valence-corrected chi connectivity index (χ0v) is 12.0. The molecule has 8 heteroatoms. The molecule has 2 heterocycles. The lowest BCUT2D eigenvalue weighted by molar-refractivity contribution is -0.365. The van der Waals surface area contributed by atoms with Gasteiger partial charge in [0.15, 0.2) is 11.5 Å². The molecule has 0 bridgehead atoms. The molecule has 5 N–H and O–H groups in total. The number of aromatic amines is 1. The number of rotatable bonds is 2. The molecule has 0 saturated heterocycles. The van der Waals surface area contributed by atoms with E-state index < -0.39 is 0 Å². The Morgan fingerprint density at radius 1 is 1.32 bits per heavy atom. The molecule has 0 saturated carbocycles. The number of nitrogens with two attached hydrogens (primary N) is 1. The number of aryl methyl sites for hydroxylation is 1. The first-order valence-electron chi connectivity index (χ1n) is 6.74. The van der Waals surface area contributed by atoms with Gasteiger partial charge in [-0.3, -0.25) is 10.1 Å². The number of fused-ring (bicyclic) bond motifs is 1. The summed E-state index contributed by atoms with van der Waals surface area (Å²) in [7, 11) is 0. The van der Waals surface area contributed by atoms with Gasteiger partial charge in [-0.1, -0.05) is 0 Å². The fourth-order valence-corrected chi connectivity index (χ4v) is 2.07.